The van der Waals surface area contributed by atoms with E-state index in [0.29, 0.717) is 37.8 Å². The first-order valence-corrected chi connectivity index (χ1v) is 13.8. The summed E-state index contributed by atoms with van der Waals surface area (Å²) in [5.41, 5.74) is 3.01. The number of piperazine rings is 1. The fourth-order valence-corrected chi connectivity index (χ4v) is 6.05. The largest absolute Gasteiger partial charge is 0.497 e. The zero-order valence-electron chi connectivity index (χ0n) is 21.3. The van der Waals surface area contributed by atoms with Gasteiger partial charge in [0.25, 0.3) is 0 Å². The van der Waals surface area contributed by atoms with E-state index < -0.39 is 10.0 Å². The summed E-state index contributed by atoms with van der Waals surface area (Å²) in [6, 6.07) is 22.6. The number of hydrogen-bond donors (Lipinski definition) is 1. The Morgan fingerprint density at radius 2 is 1.65 bits per heavy atom. The molecule has 0 amide bonds. The smallest absolute Gasteiger partial charge is 0.243 e. The number of nitrogens with zero attached hydrogens (tertiary/aromatic N) is 4. The van der Waals surface area contributed by atoms with Crippen LogP contribution in [0.5, 0.6) is 5.75 Å². The van der Waals surface area contributed by atoms with Crippen molar-refractivity contribution in [2.45, 2.75) is 24.8 Å². The standard InChI is InChI=1S/C28H31N5O3S/c1-20-7-6-8-22(19-20)29-28-25-9-4-5-10-26(25)30-27(31-28)21(2)32-15-17-33(18-16-32)37(34,35)24-13-11-23(36-3)12-14-24/h4-14,19,21H,15-18H2,1-3H3,(H,29,30,31)/t21-/m1/s1. The van der Waals surface area contributed by atoms with Crippen LogP contribution in [0.1, 0.15) is 24.4 Å². The van der Waals surface area contributed by atoms with Crippen molar-refractivity contribution >= 4 is 32.4 Å². The number of rotatable bonds is 7. The predicted octanol–water partition coefficient (Wildman–Crippen LogP) is 4.76. The highest BCUT2D eigenvalue weighted by Crippen LogP contribution is 2.29. The van der Waals surface area contributed by atoms with Gasteiger partial charge in [0, 0.05) is 37.3 Å². The fraction of sp³-hybridized carbons (Fsp3) is 0.286. The van der Waals surface area contributed by atoms with E-state index >= 15 is 0 Å². The summed E-state index contributed by atoms with van der Waals surface area (Å²) in [7, 11) is -2.00. The summed E-state index contributed by atoms with van der Waals surface area (Å²) in [5, 5.41) is 4.43. The minimum Gasteiger partial charge on any atom is -0.497 e. The highest BCUT2D eigenvalue weighted by Gasteiger charge is 2.31. The van der Waals surface area contributed by atoms with Crippen LogP contribution in [-0.4, -0.2) is 60.9 Å². The summed E-state index contributed by atoms with van der Waals surface area (Å²) in [6.07, 6.45) is 0. The van der Waals surface area contributed by atoms with Crippen molar-refractivity contribution in [2.24, 2.45) is 0 Å². The average Bonchev–Trinajstić information content (AvgIpc) is 2.92. The van der Waals surface area contributed by atoms with Crippen molar-refractivity contribution in [3.05, 3.63) is 84.2 Å². The molecule has 5 rings (SSSR count). The number of nitrogens with one attached hydrogen (secondary N) is 1. The molecule has 8 nitrogen and oxygen atoms in total. The normalized spacial score (nSPS) is 16.0. The van der Waals surface area contributed by atoms with Crippen molar-refractivity contribution in [2.75, 3.05) is 38.6 Å². The molecule has 1 fully saturated rings. The van der Waals surface area contributed by atoms with Crippen molar-refractivity contribution in [1.29, 1.82) is 0 Å². The van der Waals surface area contributed by atoms with Crippen molar-refractivity contribution < 1.29 is 13.2 Å². The number of para-hydroxylation sites is 1. The molecule has 2 heterocycles. The van der Waals surface area contributed by atoms with Crippen molar-refractivity contribution in [3.8, 4) is 5.75 Å². The van der Waals surface area contributed by atoms with Crippen LogP contribution in [0.4, 0.5) is 11.5 Å². The van der Waals surface area contributed by atoms with Crippen molar-refractivity contribution in [1.82, 2.24) is 19.2 Å². The molecule has 3 aromatic carbocycles. The maximum Gasteiger partial charge on any atom is 0.243 e. The molecule has 9 heteroatoms. The molecule has 1 atom stereocenters. The molecule has 0 unspecified atom stereocenters. The zero-order valence-corrected chi connectivity index (χ0v) is 22.1. The Labute approximate surface area is 218 Å². The minimum atomic E-state index is -3.56. The first kappa shape index (κ1) is 25.1. The Bertz CT molecular complexity index is 1500. The van der Waals surface area contributed by atoms with E-state index in [0.717, 1.165) is 22.4 Å². The Morgan fingerprint density at radius 1 is 0.919 bits per heavy atom. The van der Waals surface area contributed by atoms with Gasteiger partial charge in [0.2, 0.25) is 10.0 Å². The number of ether oxygens (including phenoxy) is 1. The van der Waals surface area contributed by atoms with Gasteiger partial charge in [-0.05, 0) is 67.9 Å². The molecule has 37 heavy (non-hydrogen) atoms. The Hall–Kier alpha value is -3.53. The lowest BCUT2D eigenvalue weighted by Crippen LogP contribution is -2.49. The van der Waals surface area contributed by atoms with Crippen LogP contribution in [0.25, 0.3) is 10.9 Å². The summed E-state index contributed by atoms with van der Waals surface area (Å²) in [6.45, 7) is 6.13. The third-order valence-corrected chi connectivity index (χ3v) is 8.71. The van der Waals surface area contributed by atoms with Gasteiger partial charge in [-0.1, -0.05) is 24.3 Å². The number of anilines is 2. The summed E-state index contributed by atoms with van der Waals surface area (Å²) < 4.78 is 33.0. The first-order chi connectivity index (χ1) is 17.8. The second-order valence-electron chi connectivity index (χ2n) is 9.23. The van der Waals surface area contributed by atoms with Crippen LogP contribution >= 0.6 is 0 Å². The fourth-order valence-electron chi connectivity index (χ4n) is 4.63. The zero-order chi connectivity index (χ0) is 26.0. The third-order valence-electron chi connectivity index (χ3n) is 6.79. The lowest BCUT2D eigenvalue weighted by atomic mass is 10.1. The number of sulfonamides is 1. The van der Waals surface area contributed by atoms with E-state index in [4.69, 9.17) is 14.7 Å². The number of methoxy groups -OCH3 is 1. The van der Waals surface area contributed by atoms with Gasteiger partial charge in [-0.3, -0.25) is 4.90 Å². The van der Waals surface area contributed by atoms with Gasteiger partial charge in [0.05, 0.1) is 23.6 Å². The van der Waals surface area contributed by atoms with Gasteiger partial charge in [0.15, 0.2) is 0 Å². The summed E-state index contributed by atoms with van der Waals surface area (Å²) in [5.74, 6) is 2.10. The molecule has 0 radical (unpaired) electrons. The molecular formula is C28H31N5O3S. The number of hydrogen-bond acceptors (Lipinski definition) is 7. The quantitative estimate of drug-likeness (QED) is 0.378. The van der Waals surface area contributed by atoms with Gasteiger partial charge < -0.3 is 10.1 Å². The molecule has 192 valence electrons. The highest BCUT2D eigenvalue weighted by atomic mass is 32.2. The minimum absolute atomic E-state index is 0.0755. The number of benzene rings is 3. The maximum atomic E-state index is 13.2. The number of aromatic nitrogens is 2. The molecule has 0 spiro atoms. The van der Waals surface area contributed by atoms with Crippen LogP contribution < -0.4 is 10.1 Å². The lowest BCUT2D eigenvalue weighted by molar-refractivity contribution is 0.141. The second kappa shape index (κ2) is 10.5. The third kappa shape index (κ3) is 5.29. The predicted molar refractivity (Wildman–Crippen MR) is 146 cm³/mol. The number of aryl methyl sites for hydroxylation is 1. The van der Waals surface area contributed by atoms with E-state index in [-0.39, 0.29) is 10.9 Å². The van der Waals surface area contributed by atoms with E-state index in [1.54, 1.807) is 35.7 Å². The van der Waals surface area contributed by atoms with Crippen LogP contribution in [0.2, 0.25) is 0 Å². The van der Waals surface area contributed by atoms with Crippen LogP contribution in [-0.2, 0) is 10.0 Å². The molecule has 1 saturated heterocycles. The van der Waals surface area contributed by atoms with Gasteiger partial charge in [-0.2, -0.15) is 4.31 Å². The van der Waals surface area contributed by atoms with Gasteiger partial charge in [-0.25, -0.2) is 18.4 Å². The maximum absolute atomic E-state index is 13.2. The second-order valence-corrected chi connectivity index (χ2v) is 11.2. The molecular weight excluding hydrogens is 486 g/mol. The Morgan fingerprint density at radius 3 is 2.35 bits per heavy atom. The molecule has 0 bridgehead atoms. The molecule has 1 N–H and O–H groups in total. The monoisotopic (exact) mass is 517 g/mol. The SMILES string of the molecule is COc1ccc(S(=O)(=O)N2CCN([C@H](C)c3nc(Nc4cccc(C)c4)c4ccccc4n3)CC2)cc1. The molecule has 1 aliphatic rings. The summed E-state index contributed by atoms with van der Waals surface area (Å²) >= 11 is 0. The Kier molecular flexibility index (Phi) is 7.10. The molecule has 1 aromatic heterocycles. The molecule has 1 aliphatic heterocycles. The van der Waals surface area contributed by atoms with E-state index in [1.165, 1.54) is 5.56 Å². The number of fused-ring (bicyclic) bond motifs is 1. The molecule has 0 aliphatic carbocycles. The van der Waals surface area contributed by atoms with Crippen LogP contribution in [0, 0.1) is 6.92 Å². The van der Waals surface area contributed by atoms with Gasteiger partial charge in [-0.15, -0.1) is 0 Å². The van der Waals surface area contributed by atoms with E-state index in [2.05, 4.69) is 36.2 Å². The van der Waals surface area contributed by atoms with E-state index in [1.807, 2.05) is 36.4 Å². The molecule has 0 saturated carbocycles. The first-order valence-electron chi connectivity index (χ1n) is 12.3. The van der Waals surface area contributed by atoms with Crippen LogP contribution in [0.3, 0.4) is 0 Å². The average molecular weight is 518 g/mol. The Balaban J connectivity index is 1.34. The van der Waals surface area contributed by atoms with E-state index in [9.17, 15) is 8.42 Å². The highest BCUT2D eigenvalue weighted by molar-refractivity contribution is 7.89. The van der Waals surface area contributed by atoms with Crippen LogP contribution in [0.15, 0.2) is 77.7 Å². The summed E-state index contributed by atoms with van der Waals surface area (Å²) in [4.78, 5) is 12.3. The molecule has 4 aromatic rings. The van der Waals surface area contributed by atoms with Gasteiger partial charge in [0.1, 0.15) is 17.4 Å². The van der Waals surface area contributed by atoms with Crippen molar-refractivity contribution in [3.63, 3.8) is 0 Å². The van der Waals surface area contributed by atoms with Gasteiger partial charge >= 0.3 is 0 Å². The topological polar surface area (TPSA) is 87.7 Å². The lowest BCUT2D eigenvalue weighted by Gasteiger charge is -2.36.